The number of hydrogen-bond acceptors (Lipinski definition) is 13. The van der Waals surface area contributed by atoms with Gasteiger partial charge in [0, 0.05) is 33.9 Å². The molecule has 0 saturated carbocycles. The number of oxime groups is 1. The van der Waals surface area contributed by atoms with Crippen LogP contribution in [0.5, 0.6) is 0 Å². The summed E-state index contributed by atoms with van der Waals surface area (Å²) in [6.07, 6.45) is -4.52. The van der Waals surface area contributed by atoms with Crippen molar-refractivity contribution in [2.75, 3.05) is 16.8 Å². The first-order valence-corrected chi connectivity index (χ1v) is 31.1. The average Bonchev–Trinajstić information content (AvgIpc) is 0.800. The van der Waals surface area contributed by atoms with Crippen LogP contribution in [0.2, 0.25) is 0 Å². The molecule has 444 valence electrons. The molecule has 7 aromatic carbocycles. The number of rotatable bonds is 23. The highest BCUT2D eigenvalue weighted by Gasteiger charge is 2.55. The summed E-state index contributed by atoms with van der Waals surface area (Å²) in [7, 11) is 0. The van der Waals surface area contributed by atoms with Crippen LogP contribution in [0.1, 0.15) is 70.2 Å². The van der Waals surface area contributed by atoms with Gasteiger partial charge in [-0.15, -0.1) is 34.9 Å². The first-order chi connectivity index (χ1) is 42.8. The molecule has 9 aromatic rings. The zero-order valence-electron chi connectivity index (χ0n) is 47.3. The predicted molar refractivity (Wildman–Crippen MR) is 334 cm³/mol. The maximum atomic E-state index is 15.1. The number of alkyl halides is 3. The van der Waals surface area contributed by atoms with Gasteiger partial charge in [0.25, 0.3) is 11.8 Å². The SMILES string of the molecule is CC(CC(=O)OC(c1ccccc1)c1ccccc1)O/N=C(\C(=O)N[C@@H]1C(=O)N2C(C(=O)OC(c3ccccc3)c3ccccc3)=C(CSc3cc[n+](CC(F)(F)F)cc3)CS[C@H]12)c1csc(NC(c2ccccc2)(c2ccccc2)c2ccccc2)n1. The van der Waals surface area contributed by atoms with E-state index in [-0.39, 0.29) is 35.0 Å². The minimum absolute atomic E-state index is 0.000305. The summed E-state index contributed by atoms with van der Waals surface area (Å²) in [5, 5.41) is 12.3. The molecular weight excluding hydrogens is 1180 g/mol. The Morgan fingerprint density at radius 1 is 0.682 bits per heavy atom. The van der Waals surface area contributed by atoms with E-state index >= 15 is 4.79 Å². The summed E-state index contributed by atoms with van der Waals surface area (Å²) in [6.45, 7) is 0.470. The first-order valence-electron chi connectivity index (χ1n) is 28.2. The topological polar surface area (TPSA) is 152 Å². The molecule has 0 bridgehead atoms. The van der Waals surface area contributed by atoms with Crippen molar-refractivity contribution in [3.8, 4) is 0 Å². The quantitative estimate of drug-likeness (QED) is 0.0120. The van der Waals surface area contributed by atoms with E-state index in [2.05, 4.69) is 15.8 Å². The molecular formula is C69H58F3N6O7S3+. The van der Waals surface area contributed by atoms with Gasteiger partial charge in [0.2, 0.25) is 6.54 Å². The van der Waals surface area contributed by atoms with Gasteiger partial charge in [0.1, 0.15) is 34.4 Å². The van der Waals surface area contributed by atoms with Gasteiger partial charge in [0.15, 0.2) is 35.4 Å². The zero-order valence-corrected chi connectivity index (χ0v) is 49.8. The summed E-state index contributed by atoms with van der Waals surface area (Å²) < 4.78 is 53.2. The highest BCUT2D eigenvalue weighted by molar-refractivity contribution is 8.01. The highest BCUT2D eigenvalue weighted by Crippen LogP contribution is 2.44. The van der Waals surface area contributed by atoms with Gasteiger partial charge in [-0.05, 0) is 51.4 Å². The number of halogens is 3. The van der Waals surface area contributed by atoms with Crippen LogP contribution in [-0.2, 0) is 45.6 Å². The van der Waals surface area contributed by atoms with Gasteiger partial charge in [-0.3, -0.25) is 19.3 Å². The van der Waals surface area contributed by atoms with Crippen LogP contribution in [0.4, 0.5) is 18.3 Å². The number of nitrogens with zero attached hydrogens (tertiary/aromatic N) is 4. The number of fused-ring (bicyclic) bond motifs is 1. The third kappa shape index (κ3) is 14.1. The number of ether oxygens (including phenoxy) is 2. The summed E-state index contributed by atoms with van der Waals surface area (Å²) in [6, 6.07) is 68.8. The van der Waals surface area contributed by atoms with Crippen molar-refractivity contribution in [1.29, 1.82) is 0 Å². The lowest BCUT2D eigenvalue weighted by Crippen LogP contribution is -2.71. The van der Waals surface area contributed by atoms with E-state index in [1.54, 1.807) is 24.4 Å². The largest absolute Gasteiger partial charge is 0.452 e. The molecule has 4 heterocycles. The number of anilines is 1. The number of hydrogen-bond donors (Lipinski definition) is 2. The van der Waals surface area contributed by atoms with E-state index in [9.17, 15) is 27.6 Å². The lowest BCUT2D eigenvalue weighted by Gasteiger charge is -2.49. The molecule has 1 unspecified atom stereocenters. The molecule has 0 radical (unpaired) electrons. The number of thiazole rings is 1. The molecule has 0 spiro atoms. The number of pyridine rings is 1. The van der Waals surface area contributed by atoms with Crippen LogP contribution in [0, 0.1) is 0 Å². The number of β-lactam (4-membered cyclic amide) rings is 1. The molecule has 13 nitrogen and oxygen atoms in total. The number of carbonyl (C=O) groups excluding carboxylic acids is 4. The Balaban J connectivity index is 0.899. The van der Waals surface area contributed by atoms with Crippen molar-refractivity contribution in [2.24, 2.45) is 5.16 Å². The molecule has 19 heteroatoms. The van der Waals surface area contributed by atoms with Crippen LogP contribution in [-0.4, -0.2) is 74.6 Å². The van der Waals surface area contributed by atoms with Gasteiger partial charge in [0.05, 0.1) is 6.42 Å². The van der Waals surface area contributed by atoms with Gasteiger partial charge in [-0.2, -0.15) is 17.7 Å². The maximum Gasteiger partial charge on any atom is 0.448 e. The van der Waals surface area contributed by atoms with Gasteiger partial charge < -0.3 is 24.9 Å². The normalized spacial score (nSPS) is 15.5. The molecule has 2 N–H and O–H groups in total. The number of carbonyl (C=O) groups is 4. The van der Waals surface area contributed by atoms with Crippen LogP contribution in [0.15, 0.2) is 264 Å². The van der Waals surface area contributed by atoms with Crippen LogP contribution in [0.25, 0.3) is 0 Å². The molecule has 88 heavy (non-hydrogen) atoms. The Morgan fingerprint density at radius 2 is 1.15 bits per heavy atom. The second kappa shape index (κ2) is 27.6. The summed E-state index contributed by atoms with van der Waals surface area (Å²) in [5.74, 6) is -2.40. The average molecular weight is 1240 g/mol. The van der Waals surface area contributed by atoms with Crippen molar-refractivity contribution >= 4 is 69.5 Å². The number of nitrogens with one attached hydrogen (secondary N) is 2. The fraction of sp³-hybridized carbons (Fsp3) is 0.174. The summed E-state index contributed by atoms with van der Waals surface area (Å²) in [5.41, 5.74) is 4.99. The van der Waals surface area contributed by atoms with E-state index in [1.165, 1.54) is 52.2 Å². The Kier molecular flexibility index (Phi) is 18.9. The smallest absolute Gasteiger partial charge is 0.448 e. The molecule has 11 rings (SSSR count). The molecule has 3 atom stereocenters. The standard InChI is InChI=1S/C69H57F3N6O7S3/c1-46(41-57(79)83-61(47-23-9-2-10-24-47)48-25-11-3-12-26-48)85-76-58(56-44-88-67(73-56)75-69(52-31-17-6-18-32-52,53-33-19-7-20-34-53)54-35-21-8-22-36-54)63(80)74-59-64(81)78-60(66(82)84-62(49-27-13-4-14-28-49)50-29-15-5-16-30-50)51(43-87-65(59)78)42-86-55-37-39-77(40-38-55)45-68(70,71)72/h2-40,44,46,59,61-62,65H,41-43,45H2,1H3,(H-,73,74,75,80)/p+1/b76-58-/t46?,59-,65-/m1/s1. The monoisotopic (exact) mass is 1240 g/mol. The molecule has 2 aromatic heterocycles. The highest BCUT2D eigenvalue weighted by atomic mass is 32.2. The second-order valence-corrected chi connectivity index (χ2v) is 23.8. The van der Waals surface area contributed by atoms with Crippen LogP contribution >= 0.6 is 34.9 Å². The van der Waals surface area contributed by atoms with Crippen molar-refractivity contribution in [2.45, 2.75) is 66.2 Å². The summed E-state index contributed by atoms with van der Waals surface area (Å²) in [4.78, 5) is 71.7. The van der Waals surface area contributed by atoms with Gasteiger partial charge >= 0.3 is 18.1 Å². The molecule has 2 aliphatic heterocycles. The molecule has 1 saturated heterocycles. The molecule has 1 fully saturated rings. The third-order valence-electron chi connectivity index (χ3n) is 14.7. The van der Waals surface area contributed by atoms with Gasteiger partial charge in [-0.25, -0.2) is 9.78 Å². The van der Waals surface area contributed by atoms with E-state index in [1.807, 2.05) is 212 Å². The lowest BCUT2D eigenvalue weighted by molar-refractivity contribution is -0.719. The summed E-state index contributed by atoms with van der Waals surface area (Å²) >= 11 is 3.84. The van der Waals surface area contributed by atoms with Crippen LogP contribution in [0.3, 0.4) is 0 Å². The van der Waals surface area contributed by atoms with Crippen molar-refractivity contribution in [3.63, 3.8) is 0 Å². The fourth-order valence-electron chi connectivity index (χ4n) is 10.5. The van der Waals surface area contributed by atoms with Crippen molar-refractivity contribution < 1.29 is 51.2 Å². The van der Waals surface area contributed by atoms with E-state index in [0.29, 0.717) is 26.7 Å². The van der Waals surface area contributed by atoms with E-state index in [0.717, 1.165) is 32.4 Å². The number of amides is 2. The predicted octanol–water partition coefficient (Wildman–Crippen LogP) is 13.0. The Hall–Kier alpha value is -9.30. The van der Waals surface area contributed by atoms with Gasteiger partial charge in [-0.1, -0.05) is 217 Å². The number of aromatic nitrogens is 2. The molecule has 2 amide bonds. The van der Waals surface area contributed by atoms with E-state index in [4.69, 9.17) is 19.3 Å². The molecule has 2 aliphatic rings. The first kappa shape index (κ1) is 60.4. The van der Waals surface area contributed by atoms with Crippen molar-refractivity contribution in [3.05, 3.63) is 298 Å². The zero-order chi connectivity index (χ0) is 61.0. The number of benzene rings is 7. The van der Waals surface area contributed by atoms with Crippen molar-refractivity contribution in [1.82, 2.24) is 15.2 Å². The molecule has 0 aliphatic carbocycles. The van der Waals surface area contributed by atoms with E-state index < -0.39 is 71.7 Å². The minimum Gasteiger partial charge on any atom is -0.452 e. The Bertz CT molecular complexity index is 3740. The lowest BCUT2D eigenvalue weighted by atomic mass is 9.77. The number of thioether (sulfide) groups is 2. The van der Waals surface area contributed by atoms with Crippen LogP contribution < -0.4 is 15.2 Å². The number of esters is 2. The minimum atomic E-state index is -4.41. The Labute approximate surface area is 519 Å². The fourth-order valence-corrected chi connectivity index (χ4v) is 13.6. The Morgan fingerprint density at radius 3 is 1.62 bits per heavy atom. The maximum absolute atomic E-state index is 15.1. The second-order valence-electron chi connectivity index (χ2n) is 20.8. The third-order valence-corrected chi connectivity index (χ3v) is 17.9.